The van der Waals surface area contributed by atoms with Crippen molar-refractivity contribution in [3.8, 4) is 27.4 Å². The van der Waals surface area contributed by atoms with Crippen LogP contribution in [0, 0.1) is 24.5 Å². The second-order valence-corrected chi connectivity index (χ2v) is 22.6. The van der Waals surface area contributed by atoms with Gasteiger partial charge in [-0.25, -0.2) is 32.4 Å². The van der Waals surface area contributed by atoms with Crippen LogP contribution in [0.3, 0.4) is 0 Å². The maximum Gasteiger partial charge on any atom is 0.277 e. The van der Waals surface area contributed by atoms with Crippen molar-refractivity contribution in [1.29, 1.82) is 0 Å². The van der Waals surface area contributed by atoms with Crippen LogP contribution in [0.25, 0.3) is 32.6 Å². The number of alkyl halides is 1. The molecular weight excluding hydrogens is 1070 g/mol. The fourth-order valence-corrected chi connectivity index (χ4v) is 12.4. The minimum absolute atomic E-state index is 0.0265. The van der Waals surface area contributed by atoms with Crippen LogP contribution in [0.4, 0.5) is 24.5 Å². The van der Waals surface area contributed by atoms with Gasteiger partial charge in [0.2, 0.25) is 17.6 Å². The number of pyridine rings is 1. The number of unbranched alkanes of at least 4 members (excludes halogenated alkanes) is 1. The van der Waals surface area contributed by atoms with E-state index in [1.165, 1.54) is 11.1 Å². The summed E-state index contributed by atoms with van der Waals surface area (Å²) in [4.78, 5) is 60.8. The van der Waals surface area contributed by atoms with Crippen LogP contribution in [0.1, 0.15) is 91.4 Å². The second kappa shape index (κ2) is 24.4. The van der Waals surface area contributed by atoms with Crippen molar-refractivity contribution < 1.29 is 50.7 Å². The SMILES string of the molecule is Cc1ncsc1-c1ccc([C@H](C)NC(=O)[C@@H]2C[C@@H](O)CN2C(=O)C(c2cc(OCCCCN3CCN(c4ccc(-c5cnc6[nH]cc(C(=O)c7c(F)ccc(N(N8CC[C@@H](F)C8)S(=O)O)c7F)c6c5)cc4)CC3)no2)C(C)C)cc1. The van der Waals surface area contributed by atoms with Crippen LogP contribution >= 0.6 is 11.3 Å². The van der Waals surface area contributed by atoms with E-state index in [-0.39, 0.29) is 67.7 Å². The maximum atomic E-state index is 16.1. The predicted molar refractivity (Wildman–Crippen MR) is 298 cm³/mol. The summed E-state index contributed by atoms with van der Waals surface area (Å²) in [5, 5.41) is 19.4. The summed E-state index contributed by atoms with van der Waals surface area (Å²) in [5.74, 6) is -4.51. The lowest BCUT2D eigenvalue weighted by atomic mass is 9.91. The molecule has 3 aliphatic heterocycles. The number of aliphatic hydroxyl groups excluding tert-OH is 1. The molecule has 6 atom stereocenters. The molecular formula is C57H63F3N10O8S2. The topological polar surface area (TPSA) is 214 Å². The Bertz CT molecular complexity index is 3370. The van der Waals surface area contributed by atoms with Crippen LogP contribution in [0.2, 0.25) is 0 Å². The van der Waals surface area contributed by atoms with Gasteiger partial charge in [-0.05, 0) is 97.8 Å². The summed E-state index contributed by atoms with van der Waals surface area (Å²) in [6.07, 6.45) is 2.65. The third kappa shape index (κ3) is 12.0. The van der Waals surface area contributed by atoms with Gasteiger partial charge < -0.3 is 34.5 Å². The van der Waals surface area contributed by atoms with Crippen molar-refractivity contribution in [3.63, 3.8) is 0 Å². The number of H-pyrrole nitrogens is 1. The standard InChI is InChI=1S/C57H63F3N10O8S2/c1-33(2)50(57(74)69-31-42(71)26-47(69)56(73)64-34(3)36-7-9-38(10-8-36)54-35(4)63-32-79-54)48-27-49(65-78-48)77-24-6-5-18-66-20-22-67(23-21-66)41-13-11-37(12-14-41)39-25-43-44(29-62-55(43)61-28-39)53(72)51-45(59)15-16-46(52(51)60)70(80(75)76)68-19-17-40(58)30-68/h7-16,25,27-29,32-34,40,42,47,50,71H,5-6,17-24,26,30-31H2,1-4H3,(H,61,62)(H,64,73)(H,75,76)/t34-,40+,42+,47-,50?/m0/s1. The number of hydrazine groups is 1. The van der Waals surface area contributed by atoms with E-state index in [1.54, 1.807) is 29.7 Å². The Morgan fingerprint density at radius 1 is 0.950 bits per heavy atom. The maximum absolute atomic E-state index is 16.1. The molecule has 0 saturated carbocycles. The minimum Gasteiger partial charge on any atom is -0.476 e. The predicted octanol–water partition coefficient (Wildman–Crippen LogP) is 8.62. The summed E-state index contributed by atoms with van der Waals surface area (Å²) >= 11 is -1.26. The number of rotatable bonds is 20. The number of likely N-dealkylation sites (tertiary alicyclic amines) is 1. The van der Waals surface area contributed by atoms with E-state index < -0.39 is 64.2 Å². The molecule has 422 valence electrons. The van der Waals surface area contributed by atoms with E-state index >= 15 is 8.78 Å². The zero-order valence-corrected chi connectivity index (χ0v) is 46.3. The van der Waals surface area contributed by atoms with E-state index in [4.69, 9.17) is 9.26 Å². The summed E-state index contributed by atoms with van der Waals surface area (Å²) in [5.41, 5.74) is 6.07. The number of aromatic nitrogens is 4. The fraction of sp³-hybridized carbons (Fsp3) is 0.404. The van der Waals surface area contributed by atoms with E-state index in [9.17, 15) is 32.6 Å². The molecule has 80 heavy (non-hydrogen) atoms. The highest BCUT2D eigenvalue weighted by atomic mass is 32.2. The van der Waals surface area contributed by atoms with Crippen LogP contribution < -0.4 is 19.4 Å². The molecule has 2 unspecified atom stereocenters. The third-order valence-electron chi connectivity index (χ3n) is 15.2. The van der Waals surface area contributed by atoms with Gasteiger partial charge in [0.25, 0.3) is 17.1 Å². The Labute approximate surface area is 467 Å². The third-order valence-corrected chi connectivity index (χ3v) is 16.9. The lowest BCUT2D eigenvalue weighted by Gasteiger charge is -2.36. The van der Waals surface area contributed by atoms with Gasteiger partial charge in [-0.2, -0.15) is 4.41 Å². The molecule has 7 heterocycles. The summed E-state index contributed by atoms with van der Waals surface area (Å²) in [7, 11) is 0. The number of carbonyl (C=O) groups is 3. The van der Waals surface area contributed by atoms with Gasteiger partial charge in [-0.1, -0.05) is 50.2 Å². The van der Waals surface area contributed by atoms with Crippen LogP contribution in [0.5, 0.6) is 5.88 Å². The highest BCUT2D eigenvalue weighted by molar-refractivity contribution is 7.80. The number of nitrogens with zero attached hydrogens (tertiary/aromatic N) is 8. The number of aryl methyl sites for hydroxylation is 1. The molecule has 3 aliphatic rings. The highest BCUT2D eigenvalue weighted by Gasteiger charge is 2.44. The number of aromatic amines is 1. The molecule has 7 aromatic rings. The number of benzene rings is 3. The Morgan fingerprint density at radius 3 is 2.39 bits per heavy atom. The summed E-state index contributed by atoms with van der Waals surface area (Å²) in [6.45, 7) is 12.1. The monoisotopic (exact) mass is 1140 g/mol. The van der Waals surface area contributed by atoms with Crippen LogP contribution in [-0.4, -0.2) is 144 Å². The zero-order chi connectivity index (χ0) is 56.4. The molecule has 4 N–H and O–H groups in total. The molecule has 3 saturated heterocycles. The molecule has 2 amide bonds. The van der Waals surface area contributed by atoms with Crippen molar-refractivity contribution in [2.45, 2.75) is 83.7 Å². The molecule has 4 aromatic heterocycles. The first-order valence-electron chi connectivity index (χ1n) is 26.8. The lowest BCUT2D eigenvalue weighted by molar-refractivity contribution is -0.141. The van der Waals surface area contributed by atoms with Gasteiger partial charge in [0.15, 0.2) is 11.6 Å². The largest absolute Gasteiger partial charge is 0.476 e. The molecule has 23 heteroatoms. The quantitative estimate of drug-likeness (QED) is 0.0320. The smallest absolute Gasteiger partial charge is 0.277 e. The molecule has 0 radical (unpaired) electrons. The Kier molecular flexibility index (Phi) is 17.1. The summed E-state index contributed by atoms with van der Waals surface area (Å²) in [6, 6.07) is 19.9. The number of β-amino-alcohol motifs (C(OH)–C–C–N with tert-alkyl or cyclic N) is 1. The number of piperazine rings is 1. The van der Waals surface area contributed by atoms with Crippen molar-refractivity contribution in [1.82, 2.24) is 40.2 Å². The molecule has 0 spiro atoms. The number of ether oxygens (including phenoxy) is 1. The highest BCUT2D eigenvalue weighted by Crippen LogP contribution is 2.36. The zero-order valence-electron chi connectivity index (χ0n) is 44.7. The minimum atomic E-state index is -2.83. The number of carbonyl (C=O) groups excluding carboxylic acids is 3. The van der Waals surface area contributed by atoms with Gasteiger partial charge in [-0.15, -0.1) is 11.3 Å². The van der Waals surface area contributed by atoms with Gasteiger partial charge in [0.05, 0.1) is 46.9 Å². The number of halogens is 3. The molecule has 0 bridgehead atoms. The average Bonchev–Trinajstić information content (AvgIpc) is 4.38. The molecule has 0 aliphatic carbocycles. The first-order chi connectivity index (χ1) is 38.5. The number of nitrogens with one attached hydrogen (secondary N) is 2. The van der Waals surface area contributed by atoms with E-state index in [0.29, 0.717) is 33.4 Å². The van der Waals surface area contributed by atoms with Gasteiger partial charge in [-0.3, -0.25) is 23.8 Å². The van der Waals surface area contributed by atoms with E-state index in [2.05, 4.69) is 35.2 Å². The first-order valence-corrected chi connectivity index (χ1v) is 28.7. The van der Waals surface area contributed by atoms with Crippen LogP contribution in [0.15, 0.2) is 95.2 Å². The average molecular weight is 1140 g/mol. The van der Waals surface area contributed by atoms with Crippen LogP contribution in [-0.2, 0) is 20.9 Å². The number of aliphatic hydroxyl groups is 1. The van der Waals surface area contributed by atoms with Crippen molar-refractivity contribution in [2.24, 2.45) is 5.92 Å². The number of thiazole rings is 1. The van der Waals surface area contributed by atoms with Crippen molar-refractivity contribution >= 4 is 62.6 Å². The van der Waals surface area contributed by atoms with Crippen molar-refractivity contribution in [3.05, 3.63) is 130 Å². The Balaban J connectivity index is 0.683. The summed E-state index contributed by atoms with van der Waals surface area (Å²) < 4.78 is 80.1. The number of anilines is 2. The molecule has 3 fully saturated rings. The van der Waals surface area contributed by atoms with Crippen molar-refractivity contribution in [2.75, 3.05) is 68.3 Å². The van der Waals surface area contributed by atoms with E-state index in [0.717, 1.165) is 95.7 Å². The normalized spacial score (nSPS) is 19.2. The second-order valence-electron chi connectivity index (χ2n) is 20.9. The van der Waals surface area contributed by atoms with Gasteiger partial charge >= 0.3 is 0 Å². The first kappa shape index (κ1) is 56.3. The Hall–Kier alpha value is -7.02. The number of amides is 2. The number of hydrogen-bond donors (Lipinski definition) is 4. The fourth-order valence-electron chi connectivity index (χ4n) is 10.9. The number of hydrogen-bond acceptors (Lipinski definition) is 14. The number of ketones is 1. The van der Waals surface area contributed by atoms with Gasteiger partial charge in [0, 0.05) is 86.3 Å². The van der Waals surface area contributed by atoms with E-state index in [1.807, 2.05) is 81.7 Å². The Morgan fingerprint density at radius 2 is 1.70 bits per heavy atom. The van der Waals surface area contributed by atoms with Gasteiger partial charge in [0.1, 0.15) is 35.3 Å². The molecule has 18 nitrogen and oxygen atoms in total. The molecule has 10 rings (SSSR count). The lowest BCUT2D eigenvalue weighted by Crippen LogP contribution is -2.48. The number of fused-ring (bicyclic) bond motifs is 1. The molecule has 3 aromatic carbocycles.